The van der Waals surface area contributed by atoms with Crippen LogP contribution in [0.2, 0.25) is 0 Å². The molecule has 0 fully saturated rings. The summed E-state index contributed by atoms with van der Waals surface area (Å²) in [6, 6.07) is 17.6. The number of rotatable bonds is 10. The number of benzene rings is 2. The third kappa shape index (κ3) is 6.16. The van der Waals surface area contributed by atoms with Gasteiger partial charge in [-0.1, -0.05) is 54.6 Å². The zero-order valence-corrected chi connectivity index (χ0v) is 14.4. The fourth-order valence-corrected chi connectivity index (χ4v) is 2.88. The van der Waals surface area contributed by atoms with Crippen molar-refractivity contribution >= 4 is 17.7 Å². The molecule has 26 heavy (non-hydrogen) atoms. The molecule has 1 atom stereocenters. The SMILES string of the molecule is O=C(O)CCCC(=O)[C@@H](CC(=O)O)Cc1ccc(-c2ccccc2)cc1. The van der Waals surface area contributed by atoms with Gasteiger partial charge in [-0.05, 0) is 29.5 Å². The molecule has 0 saturated carbocycles. The Morgan fingerprint density at radius 2 is 1.38 bits per heavy atom. The summed E-state index contributed by atoms with van der Waals surface area (Å²) < 4.78 is 0. The van der Waals surface area contributed by atoms with Gasteiger partial charge in [-0.25, -0.2) is 0 Å². The highest BCUT2D eigenvalue weighted by Crippen LogP contribution is 2.22. The van der Waals surface area contributed by atoms with Crippen LogP contribution < -0.4 is 0 Å². The van der Waals surface area contributed by atoms with Crippen molar-refractivity contribution in [1.82, 2.24) is 0 Å². The van der Waals surface area contributed by atoms with E-state index in [9.17, 15) is 14.4 Å². The normalized spacial score (nSPS) is 11.7. The molecule has 5 heteroatoms. The first kappa shape index (κ1) is 19.4. The van der Waals surface area contributed by atoms with Gasteiger partial charge in [-0.2, -0.15) is 0 Å². The molecule has 0 aliphatic heterocycles. The van der Waals surface area contributed by atoms with Gasteiger partial charge in [0, 0.05) is 18.8 Å². The lowest BCUT2D eigenvalue weighted by molar-refractivity contribution is -0.141. The van der Waals surface area contributed by atoms with Gasteiger partial charge in [0.2, 0.25) is 0 Å². The molecule has 0 aliphatic carbocycles. The highest BCUT2D eigenvalue weighted by Gasteiger charge is 2.22. The number of carbonyl (C=O) groups is 3. The molecule has 5 nitrogen and oxygen atoms in total. The molecule has 136 valence electrons. The van der Waals surface area contributed by atoms with Crippen LogP contribution in [0.3, 0.4) is 0 Å². The standard InChI is InChI=1S/C21H22O5/c22-19(7-4-8-20(23)24)18(14-21(25)26)13-15-9-11-17(12-10-15)16-5-2-1-3-6-16/h1-3,5-6,9-12,18H,4,7-8,13-14H2,(H,23,24)(H,25,26)/t18-/m1/s1. The van der Waals surface area contributed by atoms with Crippen LogP contribution in [0.25, 0.3) is 11.1 Å². The molecule has 0 bridgehead atoms. The van der Waals surface area contributed by atoms with Crippen LogP contribution in [0.1, 0.15) is 31.2 Å². The molecule has 0 unspecified atom stereocenters. The summed E-state index contributed by atoms with van der Waals surface area (Å²) in [5.74, 6) is -2.81. The Labute approximate surface area is 152 Å². The fourth-order valence-electron chi connectivity index (χ4n) is 2.88. The van der Waals surface area contributed by atoms with E-state index >= 15 is 0 Å². The van der Waals surface area contributed by atoms with E-state index in [1.165, 1.54) is 0 Å². The first-order chi connectivity index (χ1) is 12.5. The lowest BCUT2D eigenvalue weighted by Gasteiger charge is -2.14. The minimum absolute atomic E-state index is 0.0860. The van der Waals surface area contributed by atoms with Crippen LogP contribution >= 0.6 is 0 Å². The Hall–Kier alpha value is -2.95. The monoisotopic (exact) mass is 354 g/mol. The minimum Gasteiger partial charge on any atom is -0.481 e. The lowest BCUT2D eigenvalue weighted by atomic mass is 9.89. The predicted octanol–water partition coefficient (Wildman–Crippen LogP) is 3.81. The fraction of sp³-hybridized carbons (Fsp3) is 0.286. The van der Waals surface area contributed by atoms with Gasteiger partial charge in [0.05, 0.1) is 6.42 Å². The van der Waals surface area contributed by atoms with Crippen LogP contribution in [0.5, 0.6) is 0 Å². The number of aliphatic carboxylic acids is 2. The van der Waals surface area contributed by atoms with E-state index in [1.807, 2.05) is 54.6 Å². The van der Waals surface area contributed by atoms with Crippen molar-refractivity contribution in [3.63, 3.8) is 0 Å². The molecule has 0 spiro atoms. The van der Waals surface area contributed by atoms with E-state index < -0.39 is 17.9 Å². The predicted molar refractivity (Wildman–Crippen MR) is 97.8 cm³/mol. The molecule has 2 aromatic rings. The van der Waals surface area contributed by atoms with Gasteiger partial charge in [0.15, 0.2) is 0 Å². The highest BCUT2D eigenvalue weighted by molar-refractivity contribution is 5.85. The topological polar surface area (TPSA) is 91.7 Å². The first-order valence-corrected chi connectivity index (χ1v) is 8.56. The molecule has 2 N–H and O–H groups in total. The average molecular weight is 354 g/mol. The summed E-state index contributed by atoms with van der Waals surface area (Å²) in [7, 11) is 0. The van der Waals surface area contributed by atoms with E-state index in [0.717, 1.165) is 16.7 Å². The highest BCUT2D eigenvalue weighted by atomic mass is 16.4. The molecular formula is C21H22O5. The van der Waals surface area contributed by atoms with Gasteiger partial charge in [0.25, 0.3) is 0 Å². The van der Waals surface area contributed by atoms with E-state index in [0.29, 0.717) is 6.42 Å². The number of hydrogen-bond donors (Lipinski definition) is 2. The first-order valence-electron chi connectivity index (χ1n) is 8.56. The number of Topliss-reactive ketones (excluding diaryl/α,β-unsaturated/α-hetero) is 1. The van der Waals surface area contributed by atoms with E-state index in [1.54, 1.807) is 0 Å². The molecule has 2 rings (SSSR count). The van der Waals surface area contributed by atoms with Gasteiger partial charge in [0.1, 0.15) is 5.78 Å². The maximum atomic E-state index is 12.3. The van der Waals surface area contributed by atoms with Gasteiger partial charge in [-0.15, -0.1) is 0 Å². The van der Waals surface area contributed by atoms with E-state index in [2.05, 4.69) is 0 Å². The molecule has 0 saturated heterocycles. The maximum Gasteiger partial charge on any atom is 0.304 e. The van der Waals surface area contributed by atoms with Crippen molar-refractivity contribution in [2.45, 2.75) is 32.1 Å². The zero-order valence-electron chi connectivity index (χ0n) is 14.4. The van der Waals surface area contributed by atoms with Crippen LogP contribution in [-0.2, 0) is 20.8 Å². The van der Waals surface area contributed by atoms with Crippen molar-refractivity contribution < 1.29 is 24.6 Å². The number of carboxylic acid groups (broad SMARTS) is 2. The second-order valence-corrected chi connectivity index (χ2v) is 6.28. The Morgan fingerprint density at radius 1 is 0.769 bits per heavy atom. The van der Waals surface area contributed by atoms with Crippen LogP contribution in [-0.4, -0.2) is 27.9 Å². The largest absolute Gasteiger partial charge is 0.481 e. The molecule has 0 aromatic heterocycles. The molecule has 2 aromatic carbocycles. The van der Waals surface area contributed by atoms with Crippen LogP contribution in [0.4, 0.5) is 0 Å². The molecule has 0 aliphatic rings. The second-order valence-electron chi connectivity index (χ2n) is 6.28. The lowest BCUT2D eigenvalue weighted by Crippen LogP contribution is -2.21. The van der Waals surface area contributed by atoms with Gasteiger partial charge < -0.3 is 10.2 Å². The van der Waals surface area contributed by atoms with Crippen molar-refractivity contribution in [1.29, 1.82) is 0 Å². The molecular weight excluding hydrogens is 332 g/mol. The Bertz CT molecular complexity index is 750. The number of carbonyl (C=O) groups excluding carboxylic acids is 1. The maximum absolute atomic E-state index is 12.3. The number of hydrogen-bond acceptors (Lipinski definition) is 3. The quantitative estimate of drug-likeness (QED) is 0.677. The number of ketones is 1. The van der Waals surface area contributed by atoms with Crippen molar-refractivity contribution in [2.75, 3.05) is 0 Å². The minimum atomic E-state index is -1.03. The third-order valence-corrected chi connectivity index (χ3v) is 4.23. The van der Waals surface area contributed by atoms with Crippen molar-refractivity contribution in [3.05, 3.63) is 60.2 Å². The van der Waals surface area contributed by atoms with E-state index in [4.69, 9.17) is 10.2 Å². The van der Waals surface area contributed by atoms with Crippen molar-refractivity contribution in [3.8, 4) is 11.1 Å². The summed E-state index contributed by atoms with van der Waals surface area (Å²) in [5.41, 5.74) is 3.03. The van der Waals surface area contributed by atoms with Crippen molar-refractivity contribution in [2.24, 2.45) is 5.92 Å². The summed E-state index contributed by atoms with van der Waals surface area (Å²) in [6.45, 7) is 0. The molecule has 0 amide bonds. The third-order valence-electron chi connectivity index (χ3n) is 4.23. The van der Waals surface area contributed by atoms with E-state index in [-0.39, 0.29) is 31.5 Å². The zero-order chi connectivity index (χ0) is 18.9. The van der Waals surface area contributed by atoms with Gasteiger partial charge >= 0.3 is 11.9 Å². The molecule has 0 heterocycles. The summed E-state index contributed by atoms with van der Waals surface area (Å²) in [4.78, 5) is 33.9. The Kier molecular flexibility index (Phi) is 7.09. The molecule has 0 radical (unpaired) electrons. The smallest absolute Gasteiger partial charge is 0.304 e. The summed E-state index contributed by atoms with van der Waals surface area (Å²) in [6.07, 6.45) is 0.334. The van der Waals surface area contributed by atoms with Gasteiger partial charge in [-0.3, -0.25) is 14.4 Å². The Morgan fingerprint density at radius 3 is 1.96 bits per heavy atom. The second kappa shape index (κ2) is 9.51. The Balaban J connectivity index is 2.04. The summed E-state index contributed by atoms with van der Waals surface area (Å²) in [5, 5.41) is 17.7. The average Bonchev–Trinajstić information content (AvgIpc) is 2.62. The van der Waals surface area contributed by atoms with Crippen LogP contribution in [0, 0.1) is 5.92 Å². The summed E-state index contributed by atoms with van der Waals surface area (Å²) >= 11 is 0. The number of carboxylic acids is 2. The van der Waals surface area contributed by atoms with Crippen LogP contribution in [0.15, 0.2) is 54.6 Å².